The van der Waals surface area contributed by atoms with Crippen LogP contribution in [0.3, 0.4) is 0 Å². The zero-order chi connectivity index (χ0) is 15.6. The van der Waals surface area contributed by atoms with Crippen LogP contribution in [0.2, 0.25) is 5.02 Å². The molecule has 0 amide bonds. The van der Waals surface area contributed by atoms with E-state index in [1.807, 2.05) is 0 Å². The lowest BCUT2D eigenvalue weighted by Crippen LogP contribution is -2.08. The van der Waals surface area contributed by atoms with Crippen LogP contribution in [0.1, 0.15) is 11.3 Å². The Hall–Kier alpha value is -2.08. The maximum absolute atomic E-state index is 13.0. The minimum atomic E-state index is -4.55. The van der Waals surface area contributed by atoms with E-state index < -0.39 is 24.1 Å². The maximum Gasteiger partial charge on any atom is 0.417 e. The van der Waals surface area contributed by atoms with Crippen molar-refractivity contribution < 1.29 is 23.1 Å². The van der Waals surface area contributed by atoms with E-state index in [1.54, 1.807) is 0 Å². The van der Waals surface area contributed by atoms with Crippen LogP contribution in [0.25, 0.3) is 11.3 Å². The number of hydrogen-bond acceptors (Lipinski definition) is 2. The van der Waals surface area contributed by atoms with Gasteiger partial charge in [0.1, 0.15) is 0 Å². The molecule has 0 aliphatic heterocycles. The molecule has 0 unspecified atom stereocenters. The average Bonchev–Trinajstić information content (AvgIpc) is 2.39. The fourth-order valence-electron chi connectivity index (χ4n) is 1.86. The normalized spacial score (nSPS) is 11.4. The number of aliphatic carboxylic acids is 1. The van der Waals surface area contributed by atoms with Gasteiger partial charge < -0.3 is 5.11 Å². The summed E-state index contributed by atoms with van der Waals surface area (Å²) in [5.74, 6) is -1.13. The molecule has 0 saturated carbocycles. The van der Waals surface area contributed by atoms with Crippen molar-refractivity contribution in [3.63, 3.8) is 0 Å². The summed E-state index contributed by atoms with van der Waals surface area (Å²) in [5.41, 5.74) is -0.990. The number of alkyl halides is 3. The molecule has 1 aromatic heterocycles. The molecule has 2 aromatic rings. The van der Waals surface area contributed by atoms with Crippen molar-refractivity contribution in [2.75, 3.05) is 0 Å². The predicted molar refractivity (Wildman–Crippen MR) is 71.0 cm³/mol. The van der Waals surface area contributed by atoms with Crippen LogP contribution in [0.4, 0.5) is 13.2 Å². The van der Waals surface area contributed by atoms with E-state index in [-0.39, 0.29) is 22.0 Å². The van der Waals surface area contributed by atoms with Crippen LogP contribution in [0.5, 0.6) is 0 Å². The van der Waals surface area contributed by atoms with Gasteiger partial charge in [-0.05, 0) is 18.2 Å². The first-order chi connectivity index (χ1) is 9.79. The summed E-state index contributed by atoms with van der Waals surface area (Å²) in [7, 11) is 0. The second-order valence-electron chi connectivity index (χ2n) is 4.25. The lowest BCUT2D eigenvalue weighted by molar-refractivity contribution is -0.137. The third-order valence-corrected chi connectivity index (χ3v) is 3.03. The quantitative estimate of drug-likeness (QED) is 0.929. The van der Waals surface area contributed by atoms with Gasteiger partial charge >= 0.3 is 12.1 Å². The maximum atomic E-state index is 13.0. The standard InChI is InChI=1S/C14H9ClF3NO2/c15-11-6-5-8(7-12(20)21)19-13(11)9-3-1-2-4-10(9)14(16,17)18/h1-6H,7H2,(H,20,21). The Morgan fingerprint density at radius 3 is 2.48 bits per heavy atom. The van der Waals surface area contributed by atoms with Crippen molar-refractivity contribution in [3.05, 3.63) is 52.7 Å². The van der Waals surface area contributed by atoms with Crippen LogP contribution >= 0.6 is 11.6 Å². The summed E-state index contributed by atoms with van der Waals surface area (Å²) in [6.07, 6.45) is -4.94. The molecule has 1 heterocycles. The van der Waals surface area contributed by atoms with Gasteiger partial charge in [0.25, 0.3) is 0 Å². The van der Waals surface area contributed by atoms with Gasteiger partial charge in [-0.1, -0.05) is 29.8 Å². The van der Waals surface area contributed by atoms with Gasteiger partial charge in [-0.15, -0.1) is 0 Å². The number of hydrogen-bond donors (Lipinski definition) is 1. The van der Waals surface area contributed by atoms with Crippen molar-refractivity contribution in [1.29, 1.82) is 0 Å². The van der Waals surface area contributed by atoms with E-state index in [2.05, 4.69) is 4.98 Å². The minimum absolute atomic E-state index is 0.0286. The third kappa shape index (κ3) is 3.52. The summed E-state index contributed by atoms with van der Waals surface area (Å²) in [5, 5.41) is 8.76. The molecule has 7 heteroatoms. The summed E-state index contributed by atoms with van der Waals surface area (Å²) in [4.78, 5) is 14.6. The van der Waals surface area contributed by atoms with Crippen LogP contribution in [0, 0.1) is 0 Å². The van der Waals surface area contributed by atoms with Crippen LogP contribution in [-0.4, -0.2) is 16.1 Å². The summed E-state index contributed by atoms with van der Waals surface area (Å²) < 4.78 is 39.0. The fraction of sp³-hybridized carbons (Fsp3) is 0.143. The lowest BCUT2D eigenvalue weighted by atomic mass is 10.0. The first kappa shape index (κ1) is 15.3. The van der Waals surface area contributed by atoms with Crippen LogP contribution < -0.4 is 0 Å². The molecule has 21 heavy (non-hydrogen) atoms. The minimum Gasteiger partial charge on any atom is -0.481 e. The van der Waals surface area contributed by atoms with E-state index in [4.69, 9.17) is 16.7 Å². The zero-order valence-electron chi connectivity index (χ0n) is 10.5. The SMILES string of the molecule is O=C(O)Cc1ccc(Cl)c(-c2ccccc2C(F)(F)F)n1. The fourth-order valence-corrected chi connectivity index (χ4v) is 2.07. The molecular formula is C14H9ClF3NO2. The molecule has 0 atom stereocenters. The summed E-state index contributed by atoms with van der Waals surface area (Å²) >= 11 is 5.91. The molecule has 3 nitrogen and oxygen atoms in total. The number of benzene rings is 1. The first-order valence-corrected chi connectivity index (χ1v) is 6.20. The zero-order valence-corrected chi connectivity index (χ0v) is 11.2. The van der Waals surface area contributed by atoms with E-state index in [0.717, 1.165) is 6.07 Å². The molecule has 0 spiro atoms. The average molecular weight is 316 g/mol. The lowest BCUT2D eigenvalue weighted by Gasteiger charge is -2.13. The van der Waals surface area contributed by atoms with Gasteiger partial charge in [-0.25, -0.2) is 0 Å². The highest BCUT2D eigenvalue weighted by Crippen LogP contribution is 2.38. The molecular weight excluding hydrogens is 307 g/mol. The molecule has 1 aromatic carbocycles. The summed E-state index contributed by atoms with van der Waals surface area (Å²) in [6, 6.07) is 7.60. The number of halogens is 4. The third-order valence-electron chi connectivity index (χ3n) is 2.72. The van der Waals surface area contributed by atoms with E-state index in [0.29, 0.717) is 0 Å². The van der Waals surface area contributed by atoms with Crippen LogP contribution in [-0.2, 0) is 17.4 Å². The predicted octanol–water partition coefficient (Wildman–Crippen LogP) is 4.05. The van der Waals surface area contributed by atoms with Crippen molar-refractivity contribution >= 4 is 17.6 Å². The smallest absolute Gasteiger partial charge is 0.417 e. The van der Waals surface area contributed by atoms with Crippen molar-refractivity contribution in [2.45, 2.75) is 12.6 Å². The van der Waals surface area contributed by atoms with E-state index >= 15 is 0 Å². The molecule has 2 rings (SSSR count). The van der Waals surface area contributed by atoms with Gasteiger partial charge in [0.05, 0.1) is 28.4 Å². The first-order valence-electron chi connectivity index (χ1n) is 5.83. The Balaban J connectivity index is 2.59. The highest BCUT2D eigenvalue weighted by molar-refractivity contribution is 6.33. The van der Waals surface area contributed by atoms with Crippen molar-refractivity contribution in [2.24, 2.45) is 0 Å². The molecule has 0 aliphatic carbocycles. The Bertz CT molecular complexity index is 686. The Labute approximate surface area is 123 Å². The highest BCUT2D eigenvalue weighted by Gasteiger charge is 2.34. The van der Waals surface area contributed by atoms with Crippen molar-refractivity contribution in [1.82, 2.24) is 4.98 Å². The summed E-state index contributed by atoms with van der Waals surface area (Å²) in [6.45, 7) is 0. The number of aromatic nitrogens is 1. The van der Waals surface area contributed by atoms with Gasteiger partial charge in [0.2, 0.25) is 0 Å². The molecule has 0 saturated heterocycles. The largest absolute Gasteiger partial charge is 0.481 e. The van der Waals surface area contributed by atoms with E-state index in [1.165, 1.54) is 30.3 Å². The number of carboxylic acid groups (broad SMARTS) is 1. The second-order valence-corrected chi connectivity index (χ2v) is 4.65. The van der Waals surface area contributed by atoms with E-state index in [9.17, 15) is 18.0 Å². The highest BCUT2D eigenvalue weighted by atomic mass is 35.5. The Kier molecular flexibility index (Phi) is 4.18. The van der Waals surface area contributed by atoms with Gasteiger partial charge in [-0.3, -0.25) is 9.78 Å². The number of carboxylic acids is 1. The Morgan fingerprint density at radius 1 is 1.19 bits per heavy atom. The second kappa shape index (κ2) is 5.73. The molecule has 0 bridgehead atoms. The number of pyridine rings is 1. The molecule has 0 fully saturated rings. The Morgan fingerprint density at radius 2 is 1.86 bits per heavy atom. The number of nitrogens with zero attached hydrogens (tertiary/aromatic N) is 1. The molecule has 1 N–H and O–H groups in total. The molecule has 0 aliphatic rings. The topological polar surface area (TPSA) is 50.2 Å². The number of carbonyl (C=O) groups is 1. The van der Waals surface area contributed by atoms with Crippen molar-refractivity contribution in [3.8, 4) is 11.3 Å². The monoisotopic (exact) mass is 315 g/mol. The van der Waals surface area contributed by atoms with Gasteiger partial charge in [0, 0.05) is 5.56 Å². The van der Waals surface area contributed by atoms with Gasteiger partial charge in [0.15, 0.2) is 0 Å². The number of rotatable bonds is 3. The van der Waals surface area contributed by atoms with Gasteiger partial charge in [-0.2, -0.15) is 13.2 Å². The van der Waals surface area contributed by atoms with Crippen LogP contribution in [0.15, 0.2) is 36.4 Å². The molecule has 110 valence electrons. The molecule has 0 radical (unpaired) electrons.